The molecule has 0 aliphatic rings. The highest BCUT2D eigenvalue weighted by atomic mass is 32.2. The van der Waals surface area contributed by atoms with Crippen LogP contribution < -0.4 is 5.73 Å². The third kappa shape index (κ3) is 3.24. The number of fused-ring (bicyclic) bond motifs is 1. The Morgan fingerprint density at radius 3 is 2.56 bits per heavy atom. The molecule has 0 fully saturated rings. The third-order valence-electron chi connectivity index (χ3n) is 2.72. The van der Waals surface area contributed by atoms with Crippen molar-refractivity contribution >= 4 is 20.9 Å². The number of aromatic nitrogens is 2. The van der Waals surface area contributed by atoms with Gasteiger partial charge in [0.25, 0.3) is 0 Å². The Morgan fingerprint density at radius 1 is 1.22 bits per heavy atom. The summed E-state index contributed by atoms with van der Waals surface area (Å²) in [6.45, 7) is 0. The maximum Gasteiger partial charge on any atom is 0.147 e. The highest BCUT2D eigenvalue weighted by Gasteiger charge is 2.11. The number of nitrogens with zero attached hydrogens (tertiary/aromatic N) is 2. The minimum Gasteiger partial charge on any atom is -0.324 e. The SMILES string of the molecule is CS(=O)(=O)CCC(N)c1ccc2nccnc2c1. The average molecular weight is 265 g/mol. The van der Waals surface area contributed by atoms with Gasteiger partial charge in [-0.1, -0.05) is 6.07 Å². The molecule has 2 aromatic rings. The fourth-order valence-electron chi connectivity index (χ4n) is 1.72. The van der Waals surface area contributed by atoms with Crippen LogP contribution in [-0.2, 0) is 9.84 Å². The summed E-state index contributed by atoms with van der Waals surface area (Å²) < 4.78 is 22.2. The van der Waals surface area contributed by atoms with Crippen molar-refractivity contribution in [3.8, 4) is 0 Å². The molecule has 1 atom stereocenters. The van der Waals surface area contributed by atoms with Gasteiger partial charge >= 0.3 is 0 Å². The van der Waals surface area contributed by atoms with E-state index in [0.717, 1.165) is 16.6 Å². The predicted molar refractivity (Wildman–Crippen MR) is 70.8 cm³/mol. The number of sulfone groups is 1. The minimum absolute atomic E-state index is 0.0900. The topological polar surface area (TPSA) is 85.9 Å². The smallest absolute Gasteiger partial charge is 0.147 e. The largest absolute Gasteiger partial charge is 0.324 e. The van der Waals surface area contributed by atoms with Gasteiger partial charge < -0.3 is 5.73 Å². The summed E-state index contributed by atoms with van der Waals surface area (Å²) in [7, 11) is -2.98. The molecular formula is C12H15N3O2S. The molecule has 0 aliphatic carbocycles. The highest BCUT2D eigenvalue weighted by Crippen LogP contribution is 2.18. The van der Waals surface area contributed by atoms with Crippen molar-refractivity contribution in [1.29, 1.82) is 0 Å². The van der Waals surface area contributed by atoms with Gasteiger partial charge in [-0.05, 0) is 24.1 Å². The maximum absolute atomic E-state index is 11.1. The van der Waals surface area contributed by atoms with Crippen LogP contribution in [0.4, 0.5) is 0 Å². The van der Waals surface area contributed by atoms with Crippen LogP contribution in [0.5, 0.6) is 0 Å². The van der Waals surface area contributed by atoms with Gasteiger partial charge in [0.05, 0.1) is 16.8 Å². The van der Waals surface area contributed by atoms with Crippen molar-refractivity contribution in [3.63, 3.8) is 0 Å². The summed E-state index contributed by atoms with van der Waals surface area (Å²) in [5, 5.41) is 0. The van der Waals surface area contributed by atoms with E-state index in [1.807, 2.05) is 18.2 Å². The van der Waals surface area contributed by atoms with Gasteiger partial charge in [-0.3, -0.25) is 9.97 Å². The molecule has 1 unspecified atom stereocenters. The number of hydrogen-bond acceptors (Lipinski definition) is 5. The lowest BCUT2D eigenvalue weighted by Crippen LogP contribution is -2.15. The summed E-state index contributed by atoms with van der Waals surface area (Å²) in [5.74, 6) is 0.0900. The van der Waals surface area contributed by atoms with E-state index in [-0.39, 0.29) is 11.8 Å². The van der Waals surface area contributed by atoms with Crippen LogP contribution in [0, 0.1) is 0 Å². The van der Waals surface area contributed by atoms with Gasteiger partial charge in [0.2, 0.25) is 0 Å². The summed E-state index contributed by atoms with van der Waals surface area (Å²) in [4.78, 5) is 8.36. The molecule has 0 saturated carbocycles. The van der Waals surface area contributed by atoms with Gasteiger partial charge in [-0.2, -0.15) is 0 Å². The predicted octanol–water partition coefficient (Wildman–Crippen LogP) is 1.06. The normalized spacial score (nSPS) is 13.7. The first-order chi connectivity index (χ1) is 8.46. The van der Waals surface area contributed by atoms with Crippen LogP contribution in [-0.4, -0.2) is 30.4 Å². The second-order valence-electron chi connectivity index (χ2n) is 4.33. The Hall–Kier alpha value is -1.53. The van der Waals surface area contributed by atoms with E-state index < -0.39 is 9.84 Å². The molecule has 18 heavy (non-hydrogen) atoms. The molecule has 0 bridgehead atoms. The minimum atomic E-state index is -2.98. The van der Waals surface area contributed by atoms with Crippen LogP contribution in [0.25, 0.3) is 11.0 Å². The Kier molecular flexibility index (Phi) is 3.58. The van der Waals surface area contributed by atoms with Crippen molar-refractivity contribution in [2.75, 3.05) is 12.0 Å². The molecule has 6 heteroatoms. The van der Waals surface area contributed by atoms with Gasteiger partial charge in [0.1, 0.15) is 9.84 Å². The Labute approximate surface area is 106 Å². The Balaban J connectivity index is 2.20. The first-order valence-corrected chi connectivity index (χ1v) is 7.66. The molecule has 1 aromatic heterocycles. The second kappa shape index (κ2) is 4.99. The molecule has 0 saturated heterocycles. The average Bonchev–Trinajstić information content (AvgIpc) is 2.34. The monoisotopic (exact) mass is 265 g/mol. The lowest BCUT2D eigenvalue weighted by molar-refractivity contribution is 0.592. The summed E-state index contributed by atoms with van der Waals surface area (Å²) in [6, 6.07) is 5.27. The lowest BCUT2D eigenvalue weighted by Gasteiger charge is -2.11. The van der Waals surface area contributed by atoms with E-state index in [1.165, 1.54) is 6.26 Å². The van der Waals surface area contributed by atoms with E-state index in [4.69, 9.17) is 5.73 Å². The molecule has 5 nitrogen and oxygen atoms in total. The zero-order valence-electron chi connectivity index (χ0n) is 10.1. The summed E-state index contributed by atoms with van der Waals surface area (Å²) in [6.07, 6.45) is 4.87. The molecule has 2 rings (SSSR count). The standard InChI is InChI=1S/C12H15N3O2S/c1-18(16,17)7-4-10(13)9-2-3-11-12(8-9)15-6-5-14-11/h2-3,5-6,8,10H,4,7,13H2,1H3. The molecule has 0 aliphatic heterocycles. The molecule has 1 aromatic carbocycles. The van der Waals surface area contributed by atoms with Crippen molar-refractivity contribution < 1.29 is 8.42 Å². The highest BCUT2D eigenvalue weighted by molar-refractivity contribution is 7.90. The number of hydrogen-bond donors (Lipinski definition) is 1. The maximum atomic E-state index is 11.1. The number of rotatable bonds is 4. The second-order valence-corrected chi connectivity index (χ2v) is 6.59. The quantitative estimate of drug-likeness (QED) is 0.893. The van der Waals surface area contributed by atoms with Crippen molar-refractivity contribution in [3.05, 3.63) is 36.2 Å². The Bertz CT molecular complexity index is 655. The zero-order valence-corrected chi connectivity index (χ0v) is 10.9. The summed E-state index contributed by atoms with van der Waals surface area (Å²) >= 11 is 0. The zero-order chi connectivity index (χ0) is 13.2. The van der Waals surface area contributed by atoms with Gasteiger partial charge in [-0.15, -0.1) is 0 Å². The van der Waals surface area contributed by atoms with Crippen LogP contribution in [0.15, 0.2) is 30.6 Å². The van der Waals surface area contributed by atoms with Crippen molar-refractivity contribution in [2.45, 2.75) is 12.5 Å². The van der Waals surface area contributed by atoms with E-state index in [1.54, 1.807) is 12.4 Å². The lowest BCUT2D eigenvalue weighted by atomic mass is 10.0. The fourth-order valence-corrected chi connectivity index (χ4v) is 2.40. The van der Waals surface area contributed by atoms with E-state index >= 15 is 0 Å². The van der Waals surface area contributed by atoms with Crippen LogP contribution in [0.3, 0.4) is 0 Å². The molecule has 96 valence electrons. The first kappa shape index (κ1) is 12.9. The first-order valence-electron chi connectivity index (χ1n) is 5.60. The van der Waals surface area contributed by atoms with Gasteiger partial charge in [0.15, 0.2) is 0 Å². The molecule has 1 heterocycles. The fraction of sp³-hybridized carbons (Fsp3) is 0.333. The van der Waals surface area contributed by atoms with Gasteiger partial charge in [0, 0.05) is 24.7 Å². The van der Waals surface area contributed by atoms with Crippen LogP contribution in [0.1, 0.15) is 18.0 Å². The number of benzene rings is 1. The number of nitrogens with two attached hydrogens (primary N) is 1. The van der Waals surface area contributed by atoms with E-state index in [9.17, 15) is 8.42 Å². The molecule has 0 spiro atoms. The van der Waals surface area contributed by atoms with E-state index in [0.29, 0.717) is 6.42 Å². The van der Waals surface area contributed by atoms with Crippen LogP contribution in [0.2, 0.25) is 0 Å². The summed E-state index contributed by atoms with van der Waals surface area (Å²) in [5.41, 5.74) is 8.43. The molecule has 2 N–H and O–H groups in total. The Morgan fingerprint density at radius 2 is 1.89 bits per heavy atom. The van der Waals surface area contributed by atoms with Crippen molar-refractivity contribution in [1.82, 2.24) is 9.97 Å². The van der Waals surface area contributed by atoms with Gasteiger partial charge in [-0.25, -0.2) is 8.42 Å². The molecular weight excluding hydrogens is 250 g/mol. The molecule has 0 amide bonds. The third-order valence-corrected chi connectivity index (χ3v) is 3.70. The molecule has 0 radical (unpaired) electrons. The van der Waals surface area contributed by atoms with Crippen LogP contribution >= 0.6 is 0 Å². The van der Waals surface area contributed by atoms with Crippen molar-refractivity contribution in [2.24, 2.45) is 5.73 Å². The van der Waals surface area contributed by atoms with E-state index in [2.05, 4.69) is 9.97 Å².